The van der Waals surface area contributed by atoms with Crippen LogP contribution >= 0.6 is 0 Å². The summed E-state index contributed by atoms with van der Waals surface area (Å²) in [6.45, 7) is 6.13. The maximum Gasteiger partial charge on any atom is 0.242 e. The molecule has 0 aliphatic rings. The number of carbonyl (C=O) groups is 2. The number of hydrogen-bond acceptors (Lipinski definition) is 4. The average molecular weight is 295 g/mol. The highest BCUT2D eigenvalue weighted by Crippen LogP contribution is 2.12. The van der Waals surface area contributed by atoms with Gasteiger partial charge in [0.05, 0.1) is 5.75 Å². The zero-order valence-electron chi connectivity index (χ0n) is 11.4. The molecule has 0 fully saturated rings. The number of benzene rings is 1. The van der Waals surface area contributed by atoms with E-state index in [2.05, 4.69) is 11.9 Å². The quantitative estimate of drug-likeness (QED) is 0.641. The van der Waals surface area contributed by atoms with Crippen LogP contribution in [-0.2, 0) is 14.6 Å². The van der Waals surface area contributed by atoms with Crippen LogP contribution in [0.2, 0.25) is 0 Å². The van der Waals surface area contributed by atoms with Crippen molar-refractivity contribution in [1.82, 2.24) is 0 Å². The van der Waals surface area contributed by atoms with Gasteiger partial charge in [-0.2, -0.15) is 0 Å². The fraction of sp³-hybridized carbons (Fsp3) is 0.286. The Morgan fingerprint density at radius 3 is 2.30 bits per heavy atom. The Labute approximate surface area is 118 Å². The lowest BCUT2D eigenvalue weighted by molar-refractivity contribution is -0.115. The summed E-state index contributed by atoms with van der Waals surface area (Å²) in [5.41, 5.74) is 0.968. The van der Waals surface area contributed by atoms with Gasteiger partial charge in [-0.25, -0.2) is 8.42 Å². The predicted molar refractivity (Wildman–Crippen MR) is 78.5 cm³/mol. The normalized spacial score (nSPS) is 12.5. The summed E-state index contributed by atoms with van der Waals surface area (Å²) in [5, 5.41) is 1.35. The van der Waals surface area contributed by atoms with Crippen LogP contribution in [0.1, 0.15) is 24.2 Å². The summed E-state index contributed by atoms with van der Waals surface area (Å²) < 4.78 is 23.5. The van der Waals surface area contributed by atoms with E-state index >= 15 is 0 Å². The molecule has 0 aliphatic heterocycles. The second-order valence-corrected chi connectivity index (χ2v) is 6.75. The highest BCUT2D eigenvalue weighted by molar-refractivity contribution is 7.92. The average Bonchev–Trinajstić information content (AvgIpc) is 2.38. The van der Waals surface area contributed by atoms with Crippen molar-refractivity contribution in [3.05, 3.63) is 42.5 Å². The molecule has 0 radical (unpaired) electrons. The van der Waals surface area contributed by atoms with Crippen molar-refractivity contribution in [3.8, 4) is 0 Å². The number of sulfone groups is 1. The monoisotopic (exact) mass is 295 g/mol. The Bertz CT molecular complexity index is 617. The Morgan fingerprint density at radius 1 is 1.30 bits per heavy atom. The molecule has 5 nitrogen and oxygen atoms in total. The van der Waals surface area contributed by atoms with Crippen LogP contribution in [0.25, 0.3) is 0 Å². The predicted octanol–water partition coefficient (Wildman–Crippen LogP) is 1.82. The minimum Gasteiger partial charge on any atom is -0.325 e. The molecule has 0 saturated carbocycles. The lowest BCUT2D eigenvalue weighted by Crippen LogP contribution is -2.33. The Balaban J connectivity index is 2.80. The number of Topliss-reactive ketones (excluding diaryl/α,β-unsaturated/α-hetero) is 1. The molecule has 20 heavy (non-hydrogen) atoms. The Morgan fingerprint density at radius 2 is 1.85 bits per heavy atom. The maximum atomic E-state index is 11.9. The van der Waals surface area contributed by atoms with Gasteiger partial charge in [0, 0.05) is 11.3 Å². The molecule has 0 aromatic heterocycles. The van der Waals surface area contributed by atoms with Gasteiger partial charge in [-0.1, -0.05) is 6.08 Å². The Hall–Kier alpha value is -1.95. The van der Waals surface area contributed by atoms with E-state index in [9.17, 15) is 18.0 Å². The zero-order chi connectivity index (χ0) is 15.3. The van der Waals surface area contributed by atoms with Gasteiger partial charge in [-0.15, -0.1) is 6.58 Å². The molecule has 1 unspecified atom stereocenters. The third-order valence-corrected chi connectivity index (χ3v) is 4.81. The molecule has 0 spiro atoms. The number of hydrogen-bond donors (Lipinski definition) is 1. The van der Waals surface area contributed by atoms with Gasteiger partial charge < -0.3 is 5.32 Å². The first-order valence-corrected chi connectivity index (χ1v) is 7.74. The van der Waals surface area contributed by atoms with Crippen molar-refractivity contribution in [3.63, 3.8) is 0 Å². The van der Waals surface area contributed by atoms with E-state index in [0.717, 1.165) is 0 Å². The first-order chi connectivity index (χ1) is 9.27. The first-order valence-electron chi connectivity index (χ1n) is 6.02. The lowest BCUT2D eigenvalue weighted by atomic mass is 10.1. The van der Waals surface area contributed by atoms with Crippen molar-refractivity contribution in [2.75, 3.05) is 11.1 Å². The number of rotatable bonds is 6. The van der Waals surface area contributed by atoms with E-state index in [1.807, 2.05) is 0 Å². The first kappa shape index (κ1) is 16.1. The summed E-state index contributed by atoms with van der Waals surface area (Å²) >= 11 is 0. The molecule has 1 rings (SSSR count). The highest BCUT2D eigenvalue weighted by Gasteiger charge is 2.26. The molecule has 0 aliphatic carbocycles. The van der Waals surface area contributed by atoms with Gasteiger partial charge >= 0.3 is 0 Å². The Kier molecular flexibility index (Phi) is 5.21. The number of amides is 1. The molecule has 6 heteroatoms. The van der Waals surface area contributed by atoms with Crippen molar-refractivity contribution < 1.29 is 18.0 Å². The summed E-state index contributed by atoms with van der Waals surface area (Å²) in [6.07, 6.45) is 1.25. The largest absolute Gasteiger partial charge is 0.325 e. The molecule has 108 valence electrons. The zero-order valence-corrected chi connectivity index (χ0v) is 12.2. The number of carbonyl (C=O) groups excluding carboxylic acids is 2. The van der Waals surface area contributed by atoms with E-state index < -0.39 is 21.0 Å². The summed E-state index contributed by atoms with van der Waals surface area (Å²) in [6, 6.07) is 6.25. The number of ketones is 1. The van der Waals surface area contributed by atoms with Gasteiger partial charge in [0.25, 0.3) is 0 Å². The van der Waals surface area contributed by atoms with E-state index in [4.69, 9.17) is 0 Å². The minimum atomic E-state index is -3.54. The van der Waals surface area contributed by atoms with Gasteiger partial charge in [0.1, 0.15) is 5.25 Å². The van der Waals surface area contributed by atoms with Crippen LogP contribution in [0.15, 0.2) is 36.9 Å². The van der Waals surface area contributed by atoms with Gasteiger partial charge in [0.15, 0.2) is 15.6 Å². The molecular weight excluding hydrogens is 278 g/mol. The lowest BCUT2D eigenvalue weighted by Gasteiger charge is -2.12. The standard InChI is InChI=1S/C14H17NO4S/c1-4-9-20(18,19)11(3)14(17)15-13-7-5-12(6-8-13)10(2)16/h4-8,11H,1,9H2,2-3H3,(H,15,17). The van der Waals surface area contributed by atoms with E-state index in [0.29, 0.717) is 11.3 Å². The molecular formula is C14H17NO4S. The van der Waals surface area contributed by atoms with Crippen LogP contribution in [-0.4, -0.2) is 31.1 Å². The van der Waals surface area contributed by atoms with Crippen molar-refractivity contribution in [2.45, 2.75) is 19.1 Å². The van der Waals surface area contributed by atoms with E-state index in [1.165, 1.54) is 19.9 Å². The molecule has 1 atom stereocenters. The van der Waals surface area contributed by atoms with Gasteiger partial charge in [0.2, 0.25) is 5.91 Å². The molecule has 0 heterocycles. The van der Waals surface area contributed by atoms with Crippen molar-refractivity contribution in [1.29, 1.82) is 0 Å². The topological polar surface area (TPSA) is 80.3 Å². The van der Waals surface area contributed by atoms with Crippen LogP contribution in [0, 0.1) is 0 Å². The third kappa shape index (κ3) is 4.03. The number of nitrogens with one attached hydrogen (secondary N) is 1. The highest BCUT2D eigenvalue weighted by atomic mass is 32.2. The molecule has 0 bridgehead atoms. The molecule has 0 saturated heterocycles. The van der Waals surface area contributed by atoms with Crippen LogP contribution in [0.4, 0.5) is 5.69 Å². The molecule has 1 aromatic carbocycles. The van der Waals surface area contributed by atoms with Gasteiger partial charge in [-0.05, 0) is 38.1 Å². The minimum absolute atomic E-state index is 0.0789. The van der Waals surface area contributed by atoms with Crippen molar-refractivity contribution >= 4 is 27.2 Å². The SMILES string of the molecule is C=CCS(=O)(=O)C(C)C(=O)Nc1ccc(C(C)=O)cc1. The number of anilines is 1. The smallest absolute Gasteiger partial charge is 0.242 e. The molecule has 1 aromatic rings. The van der Waals surface area contributed by atoms with Crippen molar-refractivity contribution in [2.24, 2.45) is 0 Å². The summed E-state index contributed by atoms with van der Waals surface area (Å²) in [5.74, 6) is -0.933. The summed E-state index contributed by atoms with van der Waals surface area (Å²) in [4.78, 5) is 23.0. The summed E-state index contributed by atoms with van der Waals surface area (Å²) in [7, 11) is -3.54. The fourth-order valence-corrected chi connectivity index (χ4v) is 2.51. The molecule has 1 N–H and O–H groups in total. The van der Waals surface area contributed by atoms with E-state index in [-0.39, 0.29) is 11.5 Å². The molecule has 1 amide bonds. The second kappa shape index (κ2) is 6.47. The second-order valence-electron chi connectivity index (χ2n) is 4.38. The fourth-order valence-electron chi connectivity index (χ4n) is 1.50. The third-order valence-electron chi connectivity index (χ3n) is 2.82. The van der Waals surface area contributed by atoms with Crippen LogP contribution in [0.3, 0.4) is 0 Å². The van der Waals surface area contributed by atoms with Crippen LogP contribution in [0.5, 0.6) is 0 Å². The maximum absolute atomic E-state index is 11.9. The van der Waals surface area contributed by atoms with Gasteiger partial charge in [-0.3, -0.25) is 9.59 Å². The van der Waals surface area contributed by atoms with E-state index in [1.54, 1.807) is 24.3 Å². The van der Waals surface area contributed by atoms with Crippen LogP contribution < -0.4 is 5.32 Å².